The van der Waals surface area contributed by atoms with Gasteiger partial charge < -0.3 is 4.74 Å². The quantitative estimate of drug-likeness (QED) is 0.823. The van der Waals surface area contributed by atoms with Crippen LogP contribution in [0.25, 0.3) is 0 Å². The Balaban J connectivity index is 1.56. The fourth-order valence-corrected chi connectivity index (χ4v) is 6.40. The molecular formula is C23H31NO2. The monoisotopic (exact) mass is 353 g/mol. The largest absolute Gasteiger partial charge is 0.497 e. The third-order valence-electron chi connectivity index (χ3n) is 8.14. The van der Waals surface area contributed by atoms with Gasteiger partial charge in [0.2, 0.25) is 0 Å². The Labute approximate surface area is 157 Å². The normalized spacial score (nSPS) is 36.8. The van der Waals surface area contributed by atoms with Gasteiger partial charge in [-0.15, -0.1) is 0 Å². The highest BCUT2D eigenvalue weighted by molar-refractivity contribution is 5.83. The molecule has 3 fully saturated rings. The van der Waals surface area contributed by atoms with Crippen molar-refractivity contribution in [1.29, 1.82) is 0 Å². The lowest BCUT2D eigenvalue weighted by molar-refractivity contribution is -0.132. The van der Waals surface area contributed by atoms with E-state index >= 15 is 0 Å². The zero-order valence-corrected chi connectivity index (χ0v) is 16.2. The van der Waals surface area contributed by atoms with Crippen LogP contribution in [0.3, 0.4) is 0 Å². The van der Waals surface area contributed by atoms with E-state index in [0.717, 1.165) is 43.9 Å². The summed E-state index contributed by atoms with van der Waals surface area (Å²) in [5.41, 5.74) is 2.96. The van der Waals surface area contributed by atoms with Crippen LogP contribution in [0.5, 0.6) is 5.75 Å². The van der Waals surface area contributed by atoms with Gasteiger partial charge in [0.25, 0.3) is 0 Å². The Bertz CT molecular complexity index is 725. The number of ether oxygens (including phenoxy) is 1. The maximum absolute atomic E-state index is 12.8. The summed E-state index contributed by atoms with van der Waals surface area (Å²) in [4.78, 5) is 15.6. The molecule has 1 heterocycles. The molecule has 26 heavy (non-hydrogen) atoms. The number of fused-ring (bicyclic) bond motifs is 1. The van der Waals surface area contributed by atoms with Gasteiger partial charge in [0.05, 0.1) is 7.11 Å². The molecule has 2 bridgehead atoms. The zero-order valence-electron chi connectivity index (χ0n) is 16.2. The molecule has 0 radical (unpaired) electrons. The Kier molecular flexibility index (Phi) is 3.93. The maximum atomic E-state index is 12.8. The number of Topliss-reactive ketones (excluding diaryl/α,β-unsaturated/α-hetero) is 1. The molecule has 4 aliphatic rings. The standard InChI is InChI=1S/C23H31NO2/c1-15-10-20-21-11-17-6-7-18(26-2)12-19(17)23(20,13-22(15)25)8-9-24(21)14-16-4-3-5-16/h6-7,12,15-16,20-21H,3-5,8-11,13-14H2,1-2H3/t15?,20-,21-,23-/m1/s1. The number of ketones is 1. The number of rotatable bonds is 3. The van der Waals surface area contributed by atoms with Crippen molar-refractivity contribution in [3.8, 4) is 5.75 Å². The summed E-state index contributed by atoms with van der Waals surface area (Å²) in [6, 6.07) is 7.26. The van der Waals surface area contributed by atoms with Gasteiger partial charge in [0, 0.05) is 30.3 Å². The summed E-state index contributed by atoms with van der Waals surface area (Å²) in [7, 11) is 1.75. The van der Waals surface area contributed by atoms with Gasteiger partial charge in [-0.25, -0.2) is 0 Å². The first-order valence-corrected chi connectivity index (χ1v) is 10.5. The average molecular weight is 354 g/mol. The van der Waals surface area contributed by atoms with E-state index in [1.807, 2.05) is 0 Å². The van der Waals surface area contributed by atoms with E-state index in [4.69, 9.17) is 4.74 Å². The lowest BCUT2D eigenvalue weighted by Gasteiger charge is -2.60. The first-order chi connectivity index (χ1) is 12.6. The highest BCUT2D eigenvalue weighted by atomic mass is 16.5. The molecule has 3 aliphatic carbocycles. The highest BCUT2D eigenvalue weighted by Crippen LogP contribution is 2.56. The van der Waals surface area contributed by atoms with Crippen LogP contribution in [0.2, 0.25) is 0 Å². The van der Waals surface area contributed by atoms with Crippen molar-refractivity contribution in [2.45, 2.75) is 63.3 Å². The molecule has 1 aliphatic heterocycles. The van der Waals surface area contributed by atoms with E-state index in [9.17, 15) is 4.79 Å². The predicted octanol–water partition coefficient (Wildman–Crippen LogP) is 3.98. The lowest BCUT2D eigenvalue weighted by atomic mass is 9.50. The molecule has 0 amide bonds. The molecule has 140 valence electrons. The molecule has 3 heteroatoms. The Hall–Kier alpha value is -1.35. The van der Waals surface area contributed by atoms with E-state index in [1.54, 1.807) is 7.11 Å². The maximum Gasteiger partial charge on any atom is 0.136 e. The second-order valence-electron chi connectivity index (χ2n) is 9.38. The molecule has 0 aromatic heterocycles. The van der Waals surface area contributed by atoms with E-state index in [2.05, 4.69) is 30.0 Å². The summed E-state index contributed by atoms with van der Waals surface area (Å²) in [6.07, 6.45) is 8.36. The third kappa shape index (κ3) is 2.39. The summed E-state index contributed by atoms with van der Waals surface area (Å²) >= 11 is 0. The van der Waals surface area contributed by atoms with Crippen molar-refractivity contribution in [3.63, 3.8) is 0 Å². The minimum Gasteiger partial charge on any atom is -0.497 e. The number of piperidine rings is 1. The van der Waals surface area contributed by atoms with E-state index in [1.165, 1.54) is 36.9 Å². The van der Waals surface area contributed by atoms with Crippen molar-refractivity contribution in [2.24, 2.45) is 17.8 Å². The van der Waals surface area contributed by atoms with Crippen molar-refractivity contribution in [3.05, 3.63) is 29.3 Å². The van der Waals surface area contributed by atoms with Gasteiger partial charge in [-0.2, -0.15) is 0 Å². The zero-order chi connectivity index (χ0) is 17.9. The lowest BCUT2D eigenvalue weighted by Crippen LogP contribution is -2.63. The van der Waals surface area contributed by atoms with E-state index < -0.39 is 0 Å². The van der Waals surface area contributed by atoms with Crippen LogP contribution < -0.4 is 4.74 Å². The number of hydrogen-bond donors (Lipinski definition) is 0. The van der Waals surface area contributed by atoms with Crippen molar-refractivity contribution in [1.82, 2.24) is 4.90 Å². The number of carbonyl (C=O) groups is 1. The topological polar surface area (TPSA) is 29.5 Å². The molecule has 0 spiro atoms. The molecule has 2 saturated carbocycles. The fourth-order valence-electron chi connectivity index (χ4n) is 6.40. The molecule has 1 aromatic rings. The number of likely N-dealkylation sites (tertiary alicyclic amines) is 1. The fraction of sp³-hybridized carbons (Fsp3) is 0.696. The van der Waals surface area contributed by atoms with Crippen LogP contribution in [-0.4, -0.2) is 36.9 Å². The van der Waals surface area contributed by atoms with Crippen molar-refractivity contribution < 1.29 is 9.53 Å². The molecular weight excluding hydrogens is 322 g/mol. The molecule has 3 nitrogen and oxygen atoms in total. The molecule has 4 atom stereocenters. The van der Waals surface area contributed by atoms with Crippen LogP contribution >= 0.6 is 0 Å². The molecule has 1 saturated heterocycles. The minimum atomic E-state index is 0.0620. The highest BCUT2D eigenvalue weighted by Gasteiger charge is 2.57. The van der Waals surface area contributed by atoms with Crippen LogP contribution in [0.15, 0.2) is 18.2 Å². The second kappa shape index (κ2) is 6.09. The minimum absolute atomic E-state index is 0.0620. The Morgan fingerprint density at radius 3 is 2.88 bits per heavy atom. The number of carbonyl (C=O) groups excluding carboxylic acids is 1. The first kappa shape index (κ1) is 16.8. The summed E-state index contributed by atoms with van der Waals surface area (Å²) < 4.78 is 5.54. The average Bonchev–Trinajstić information content (AvgIpc) is 2.60. The number of methoxy groups -OCH3 is 1. The van der Waals surface area contributed by atoms with Gasteiger partial charge in [0.15, 0.2) is 0 Å². The number of hydrogen-bond acceptors (Lipinski definition) is 3. The molecule has 5 rings (SSSR count). The van der Waals surface area contributed by atoms with Crippen molar-refractivity contribution in [2.75, 3.05) is 20.2 Å². The summed E-state index contributed by atoms with van der Waals surface area (Å²) in [5.74, 6) is 3.19. The molecule has 1 aromatic carbocycles. The molecule has 1 unspecified atom stereocenters. The molecule has 0 N–H and O–H groups in total. The predicted molar refractivity (Wildman–Crippen MR) is 103 cm³/mol. The first-order valence-electron chi connectivity index (χ1n) is 10.5. The van der Waals surface area contributed by atoms with Gasteiger partial charge in [-0.3, -0.25) is 9.69 Å². The van der Waals surface area contributed by atoms with Gasteiger partial charge in [-0.05, 0) is 73.7 Å². The van der Waals surface area contributed by atoms with Crippen LogP contribution in [0.1, 0.15) is 56.6 Å². The van der Waals surface area contributed by atoms with Crippen molar-refractivity contribution >= 4 is 5.78 Å². The van der Waals surface area contributed by atoms with E-state index in [0.29, 0.717) is 17.7 Å². The number of nitrogens with zero attached hydrogens (tertiary/aromatic N) is 1. The smallest absolute Gasteiger partial charge is 0.136 e. The van der Waals surface area contributed by atoms with Gasteiger partial charge in [0.1, 0.15) is 11.5 Å². The third-order valence-corrected chi connectivity index (χ3v) is 8.14. The number of benzene rings is 1. The van der Waals surface area contributed by atoms with Crippen LogP contribution in [0.4, 0.5) is 0 Å². The Morgan fingerprint density at radius 2 is 2.15 bits per heavy atom. The Morgan fingerprint density at radius 1 is 1.31 bits per heavy atom. The second-order valence-corrected chi connectivity index (χ2v) is 9.38. The van der Waals surface area contributed by atoms with E-state index in [-0.39, 0.29) is 11.3 Å². The van der Waals surface area contributed by atoms with Gasteiger partial charge >= 0.3 is 0 Å². The van der Waals surface area contributed by atoms with Crippen LogP contribution in [0, 0.1) is 17.8 Å². The summed E-state index contributed by atoms with van der Waals surface area (Å²) in [6.45, 7) is 4.60. The SMILES string of the molecule is COc1ccc2c(c1)[C@]13CCN(CC4CCC4)[C@H](C2)[C@H]1CC(C)C(=O)C3. The summed E-state index contributed by atoms with van der Waals surface area (Å²) in [5, 5.41) is 0. The van der Waals surface area contributed by atoms with Gasteiger partial charge in [-0.1, -0.05) is 19.4 Å². The van der Waals surface area contributed by atoms with Crippen LogP contribution in [-0.2, 0) is 16.6 Å².